The van der Waals surface area contributed by atoms with Crippen molar-refractivity contribution in [2.24, 2.45) is 5.73 Å². The molecule has 6 heteroatoms. The number of carbonyl (C=O) groups excluding carboxylic acids is 1. The largest absolute Gasteiger partial charge is 0.481 e. The Morgan fingerprint density at radius 3 is 2.43 bits per heavy atom. The quantitative estimate of drug-likeness (QED) is 0.608. The standard InChI is InChI=1S/C22H19FN2O3/c23-21-17(13-24)8-4-9-18(21)14-6-3-7-16(11-14)22(28)25-19-10-2-1-5-15(19)12-20(26)27/h1-11H,12-13,24H2,(H,25,28)(H,26,27). The van der Waals surface area contributed by atoms with Crippen molar-refractivity contribution in [2.45, 2.75) is 13.0 Å². The Labute approximate surface area is 161 Å². The minimum absolute atomic E-state index is 0.0835. The van der Waals surface area contributed by atoms with E-state index in [1.807, 2.05) is 0 Å². The summed E-state index contributed by atoms with van der Waals surface area (Å²) in [4.78, 5) is 23.7. The van der Waals surface area contributed by atoms with Gasteiger partial charge >= 0.3 is 5.97 Å². The summed E-state index contributed by atoms with van der Waals surface area (Å²) in [6.45, 7) is 0.0835. The van der Waals surface area contributed by atoms with Crippen molar-refractivity contribution >= 4 is 17.6 Å². The molecule has 0 fully saturated rings. The number of benzene rings is 3. The fourth-order valence-corrected chi connectivity index (χ4v) is 2.94. The van der Waals surface area contributed by atoms with Crippen LogP contribution in [0.4, 0.5) is 10.1 Å². The lowest BCUT2D eigenvalue weighted by molar-refractivity contribution is -0.136. The molecule has 0 aliphatic rings. The SMILES string of the molecule is NCc1cccc(-c2cccc(C(=O)Nc3ccccc3CC(=O)O)c2)c1F. The van der Waals surface area contributed by atoms with E-state index in [4.69, 9.17) is 10.8 Å². The zero-order valence-corrected chi connectivity index (χ0v) is 15.0. The molecule has 4 N–H and O–H groups in total. The van der Waals surface area contributed by atoms with Crippen molar-refractivity contribution in [1.82, 2.24) is 0 Å². The van der Waals surface area contributed by atoms with Crippen LogP contribution in [0.5, 0.6) is 0 Å². The van der Waals surface area contributed by atoms with Crippen LogP contribution in [-0.2, 0) is 17.8 Å². The Bertz CT molecular complexity index is 1030. The number of hydrogen-bond donors (Lipinski definition) is 3. The summed E-state index contributed by atoms with van der Waals surface area (Å²) in [6, 6.07) is 18.3. The average molecular weight is 378 g/mol. The lowest BCUT2D eigenvalue weighted by atomic mass is 10.00. The summed E-state index contributed by atoms with van der Waals surface area (Å²) in [7, 11) is 0. The van der Waals surface area contributed by atoms with E-state index in [0.717, 1.165) is 0 Å². The Morgan fingerprint density at radius 2 is 1.68 bits per heavy atom. The molecule has 5 nitrogen and oxygen atoms in total. The van der Waals surface area contributed by atoms with Crippen LogP contribution in [0.3, 0.4) is 0 Å². The molecule has 0 bridgehead atoms. The number of carboxylic acids is 1. The number of nitrogens with two attached hydrogens (primary N) is 1. The summed E-state index contributed by atoms with van der Waals surface area (Å²) in [5, 5.41) is 11.7. The van der Waals surface area contributed by atoms with Gasteiger partial charge in [-0.2, -0.15) is 0 Å². The van der Waals surface area contributed by atoms with Crippen molar-refractivity contribution in [3.8, 4) is 11.1 Å². The number of aliphatic carboxylic acids is 1. The van der Waals surface area contributed by atoms with Crippen LogP contribution in [-0.4, -0.2) is 17.0 Å². The third-order valence-electron chi connectivity index (χ3n) is 4.34. The van der Waals surface area contributed by atoms with Crippen LogP contribution < -0.4 is 11.1 Å². The van der Waals surface area contributed by atoms with Gasteiger partial charge in [-0.3, -0.25) is 9.59 Å². The molecule has 0 saturated heterocycles. The zero-order valence-electron chi connectivity index (χ0n) is 15.0. The van der Waals surface area contributed by atoms with Gasteiger partial charge in [-0.25, -0.2) is 4.39 Å². The molecule has 1 amide bonds. The molecule has 0 atom stereocenters. The molecule has 0 heterocycles. The van der Waals surface area contributed by atoms with Crippen LogP contribution in [0.15, 0.2) is 66.7 Å². The third-order valence-corrected chi connectivity index (χ3v) is 4.34. The van der Waals surface area contributed by atoms with Crippen LogP contribution in [0.25, 0.3) is 11.1 Å². The van der Waals surface area contributed by atoms with E-state index < -0.39 is 17.7 Å². The molecule has 0 radical (unpaired) electrons. The second-order valence-corrected chi connectivity index (χ2v) is 6.25. The number of anilines is 1. The number of hydrogen-bond acceptors (Lipinski definition) is 3. The number of rotatable bonds is 6. The van der Waals surface area contributed by atoms with Crippen molar-refractivity contribution in [3.63, 3.8) is 0 Å². The van der Waals surface area contributed by atoms with Crippen LogP contribution >= 0.6 is 0 Å². The van der Waals surface area contributed by atoms with Gasteiger partial charge in [-0.05, 0) is 29.3 Å². The van der Waals surface area contributed by atoms with Gasteiger partial charge in [0.2, 0.25) is 0 Å². The van der Waals surface area contributed by atoms with E-state index in [9.17, 15) is 14.0 Å². The minimum Gasteiger partial charge on any atom is -0.481 e. The molecule has 0 unspecified atom stereocenters. The molecule has 3 rings (SSSR count). The molecule has 0 aliphatic carbocycles. The Balaban J connectivity index is 1.89. The Kier molecular flexibility index (Phi) is 5.81. The van der Waals surface area contributed by atoms with E-state index in [-0.39, 0.29) is 13.0 Å². The number of amides is 1. The second kappa shape index (κ2) is 8.45. The van der Waals surface area contributed by atoms with Gasteiger partial charge in [-0.15, -0.1) is 0 Å². The molecule has 28 heavy (non-hydrogen) atoms. The van der Waals surface area contributed by atoms with E-state index in [1.165, 1.54) is 0 Å². The minimum atomic E-state index is -0.987. The Morgan fingerprint density at radius 1 is 0.964 bits per heavy atom. The first-order valence-corrected chi connectivity index (χ1v) is 8.68. The molecular weight excluding hydrogens is 359 g/mol. The number of carbonyl (C=O) groups is 2. The number of halogens is 1. The van der Waals surface area contributed by atoms with Gasteiger partial charge in [0.25, 0.3) is 5.91 Å². The molecule has 0 spiro atoms. The van der Waals surface area contributed by atoms with Crippen LogP contribution in [0.1, 0.15) is 21.5 Å². The van der Waals surface area contributed by atoms with Gasteiger partial charge in [0, 0.05) is 28.9 Å². The molecule has 3 aromatic carbocycles. The highest BCUT2D eigenvalue weighted by Gasteiger charge is 2.14. The van der Waals surface area contributed by atoms with E-state index in [2.05, 4.69) is 5.32 Å². The normalized spacial score (nSPS) is 10.5. The summed E-state index contributed by atoms with van der Waals surface area (Å²) in [6.07, 6.45) is -0.201. The molecule has 0 aliphatic heterocycles. The number of carboxylic acid groups (broad SMARTS) is 1. The predicted molar refractivity (Wildman–Crippen MR) is 105 cm³/mol. The monoisotopic (exact) mass is 378 g/mol. The molecule has 142 valence electrons. The first-order valence-electron chi connectivity index (χ1n) is 8.68. The fraction of sp³-hybridized carbons (Fsp3) is 0.0909. The lowest BCUT2D eigenvalue weighted by Crippen LogP contribution is -2.14. The van der Waals surface area contributed by atoms with Gasteiger partial charge in [0.15, 0.2) is 0 Å². The molecule has 0 aromatic heterocycles. The summed E-state index contributed by atoms with van der Waals surface area (Å²) >= 11 is 0. The van der Waals surface area contributed by atoms with Crippen molar-refractivity contribution in [1.29, 1.82) is 0 Å². The lowest BCUT2D eigenvalue weighted by Gasteiger charge is -2.11. The van der Waals surface area contributed by atoms with Gasteiger partial charge in [-0.1, -0.05) is 48.5 Å². The summed E-state index contributed by atoms with van der Waals surface area (Å²) in [5.41, 5.74) is 8.14. The van der Waals surface area contributed by atoms with E-state index >= 15 is 0 Å². The highest BCUT2D eigenvalue weighted by Crippen LogP contribution is 2.26. The maximum Gasteiger partial charge on any atom is 0.307 e. The van der Waals surface area contributed by atoms with Crippen LogP contribution in [0, 0.1) is 5.82 Å². The van der Waals surface area contributed by atoms with Crippen molar-refractivity contribution in [2.75, 3.05) is 5.32 Å². The second-order valence-electron chi connectivity index (χ2n) is 6.25. The maximum absolute atomic E-state index is 14.6. The van der Waals surface area contributed by atoms with Crippen molar-refractivity contribution < 1.29 is 19.1 Å². The summed E-state index contributed by atoms with van der Waals surface area (Å²) in [5.74, 6) is -1.80. The summed E-state index contributed by atoms with van der Waals surface area (Å²) < 4.78 is 14.6. The van der Waals surface area contributed by atoms with Crippen molar-refractivity contribution in [3.05, 3.63) is 89.2 Å². The van der Waals surface area contributed by atoms with Gasteiger partial charge in [0.05, 0.1) is 6.42 Å². The first kappa shape index (κ1) is 19.3. The Hall–Kier alpha value is -3.51. The first-order chi connectivity index (χ1) is 13.5. The average Bonchev–Trinajstić information content (AvgIpc) is 2.69. The van der Waals surface area contributed by atoms with Gasteiger partial charge < -0.3 is 16.2 Å². The van der Waals surface area contributed by atoms with E-state index in [0.29, 0.717) is 33.5 Å². The highest BCUT2D eigenvalue weighted by molar-refractivity contribution is 6.05. The van der Waals surface area contributed by atoms with Gasteiger partial charge in [0.1, 0.15) is 5.82 Å². The third kappa shape index (κ3) is 4.24. The molecular formula is C22H19FN2O3. The van der Waals surface area contributed by atoms with Crippen LogP contribution in [0.2, 0.25) is 0 Å². The fourth-order valence-electron chi connectivity index (χ4n) is 2.94. The number of para-hydroxylation sites is 1. The maximum atomic E-state index is 14.6. The topological polar surface area (TPSA) is 92.4 Å². The smallest absolute Gasteiger partial charge is 0.307 e. The molecule has 0 saturated carbocycles. The molecule has 3 aromatic rings. The highest BCUT2D eigenvalue weighted by atomic mass is 19.1. The number of nitrogens with one attached hydrogen (secondary N) is 1. The van der Waals surface area contributed by atoms with E-state index in [1.54, 1.807) is 66.7 Å². The zero-order chi connectivity index (χ0) is 20.1. The predicted octanol–water partition coefficient (Wildman–Crippen LogP) is 3.83.